The van der Waals surface area contributed by atoms with E-state index in [-0.39, 0.29) is 17.9 Å². The van der Waals surface area contributed by atoms with E-state index in [1.807, 2.05) is 19.2 Å². The van der Waals surface area contributed by atoms with Crippen molar-refractivity contribution in [3.8, 4) is 0 Å². The molecule has 2 aliphatic rings. The van der Waals surface area contributed by atoms with Gasteiger partial charge in [-0.25, -0.2) is 4.98 Å². The van der Waals surface area contributed by atoms with Crippen LogP contribution in [-0.2, 0) is 15.1 Å². The number of aromatic nitrogens is 1. The molecule has 3 rings (SSSR count). The van der Waals surface area contributed by atoms with Crippen LogP contribution in [0, 0.1) is 5.92 Å². The third kappa shape index (κ3) is 2.02. The van der Waals surface area contributed by atoms with E-state index < -0.39 is 11.6 Å². The fourth-order valence-electron chi connectivity index (χ4n) is 2.93. The molecule has 5 nitrogen and oxygen atoms in total. The van der Waals surface area contributed by atoms with Gasteiger partial charge in [-0.05, 0) is 39.5 Å². The van der Waals surface area contributed by atoms with Crippen LogP contribution in [0.25, 0.3) is 0 Å². The summed E-state index contributed by atoms with van der Waals surface area (Å²) in [5.74, 6) is 0.277. The van der Waals surface area contributed by atoms with Gasteiger partial charge in [0.2, 0.25) is 11.8 Å². The van der Waals surface area contributed by atoms with Gasteiger partial charge in [-0.1, -0.05) is 0 Å². The monoisotopic (exact) mass is 293 g/mol. The van der Waals surface area contributed by atoms with Crippen LogP contribution in [0.5, 0.6) is 0 Å². The first-order chi connectivity index (χ1) is 9.43. The lowest BCUT2D eigenvalue weighted by atomic mass is 9.95. The smallest absolute Gasteiger partial charge is 0.246 e. The maximum atomic E-state index is 12.8. The van der Waals surface area contributed by atoms with Gasteiger partial charge in [0.15, 0.2) is 0 Å². The van der Waals surface area contributed by atoms with Gasteiger partial charge in [-0.15, -0.1) is 11.3 Å². The number of nitrogens with one attached hydrogen (secondary N) is 1. The third-order valence-electron chi connectivity index (χ3n) is 4.22. The van der Waals surface area contributed by atoms with E-state index in [0.29, 0.717) is 5.92 Å². The zero-order valence-electron chi connectivity index (χ0n) is 11.9. The number of carbonyl (C=O) groups excluding carboxylic acids is 2. The van der Waals surface area contributed by atoms with Gasteiger partial charge < -0.3 is 10.2 Å². The Morgan fingerprint density at radius 2 is 2.10 bits per heavy atom. The molecular formula is C14H19N3O2S. The Bertz CT molecular complexity index is 537. The molecule has 1 N–H and O–H groups in total. The van der Waals surface area contributed by atoms with Crippen molar-refractivity contribution in [2.24, 2.45) is 5.92 Å². The maximum absolute atomic E-state index is 12.8. The normalized spacial score (nSPS) is 27.6. The van der Waals surface area contributed by atoms with E-state index in [1.54, 1.807) is 18.0 Å². The Kier molecular flexibility index (Phi) is 3.08. The summed E-state index contributed by atoms with van der Waals surface area (Å²) in [7, 11) is 0. The summed E-state index contributed by atoms with van der Waals surface area (Å²) in [6.45, 7) is 5.71. The first kappa shape index (κ1) is 13.5. The van der Waals surface area contributed by atoms with Crippen molar-refractivity contribution in [2.45, 2.75) is 51.2 Å². The average molecular weight is 293 g/mol. The predicted octanol–water partition coefficient (Wildman–Crippen LogP) is 1.50. The fourth-order valence-corrected chi connectivity index (χ4v) is 3.69. The van der Waals surface area contributed by atoms with E-state index in [1.165, 1.54) is 11.3 Å². The second kappa shape index (κ2) is 4.55. The molecule has 1 saturated heterocycles. The fraction of sp³-hybridized carbons (Fsp3) is 0.643. The minimum atomic E-state index is -0.560. The highest BCUT2D eigenvalue weighted by molar-refractivity contribution is 7.09. The number of rotatable bonds is 3. The molecule has 0 aromatic carbocycles. The summed E-state index contributed by atoms with van der Waals surface area (Å²) >= 11 is 1.52. The van der Waals surface area contributed by atoms with Crippen LogP contribution in [0.15, 0.2) is 11.6 Å². The highest BCUT2D eigenvalue weighted by atomic mass is 32.1. The van der Waals surface area contributed by atoms with Gasteiger partial charge in [0.05, 0.1) is 5.54 Å². The first-order valence-electron chi connectivity index (χ1n) is 6.96. The largest absolute Gasteiger partial charge is 0.342 e. The van der Waals surface area contributed by atoms with E-state index in [4.69, 9.17) is 0 Å². The Morgan fingerprint density at radius 1 is 1.40 bits per heavy atom. The number of hydrogen-bond donors (Lipinski definition) is 1. The minimum Gasteiger partial charge on any atom is -0.342 e. The zero-order valence-corrected chi connectivity index (χ0v) is 12.7. The van der Waals surface area contributed by atoms with E-state index in [9.17, 15) is 9.59 Å². The van der Waals surface area contributed by atoms with Crippen molar-refractivity contribution in [1.82, 2.24) is 15.2 Å². The highest BCUT2D eigenvalue weighted by Gasteiger charge is 2.50. The maximum Gasteiger partial charge on any atom is 0.246 e. The molecule has 108 valence electrons. The molecule has 2 amide bonds. The predicted molar refractivity (Wildman–Crippen MR) is 76.1 cm³/mol. The third-order valence-corrected chi connectivity index (χ3v) is 5.31. The quantitative estimate of drug-likeness (QED) is 0.918. The Labute approximate surface area is 122 Å². The minimum absolute atomic E-state index is 0.0276. The van der Waals surface area contributed by atoms with E-state index in [0.717, 1.165) is 17.8 Å². The molecule has 6 heteroatoms. The molecular weight excluding hydrogens is 274 g/mol. The molecule has 0 radical (unpaired) electrons. The Morgan fingerprint density at radius 3 is 2.65 bits per heavy atom. The average Bonchev–Trinajstić information content (AvgIpc) is 3.06. The molecule has 1 aromatic heterocycles. The van der Waals surface area contributed by atoms with Gasteiger partial charge in [0, 0.05) is 11.6 Å². The molecule has 1 aliphatic heterocycles. The zero-order chi connectivity index (χ0) is 14.5. The summed E-state index contributed by atoms with van der Waals surface area (Å²) in [4.78, 5) is 31.0. The lowest BCUT2D eigenvalue weighted by molar-refractivity contribution is -0.156. The second-order valence-corrected chi connectivity index (χ2v) is 7.00. The molecule has 20 heavy (non-hydrogen) atoms. The molecule has 2 heterocycles. The van der Waals surface area contributed by atoms with Gasteiger partial charge >= 0.3 is 0 Å². The summed E-state index contributed by atoms with van der Waals surface area (Å²) in [5, 5.41) is 5.64. The molecule has 1 aromatic rings. The standard InChI is InChI=1S/C14H19N3O2S/c1-8-11(18)16-10(9-4-5-9)12(19)17(8)14(2,3)13-15-6-7-20-13/h6-10H,4-5H2,1-3H3,(H,16,18). The van der Waals surface area contributed by atoms with Crippen molar-refractivity contribution in [3.63, 3.8) is 0 Å². The molecule has 0 bridgehead atoms. The number of amides is 2. The van der Waals surface area contributed by atoms with Gasteiger partial charge in [0.25, 0.3) is 0 Å². The number of hydrogen-bond acceptors (Lipinski definition) is 4. The Balaban J connectivity index is 1.96. The second-order valence-electron chi connectivity index (χ2n) is 6.10. The van der Waals surface area contributed by atoms with Crippen LogP contribution in [-0.4, -0.2) is 33.8 Å². The van der Waals surface area contributed by atoms with Crippen molar-refractivity contribution in [1.29, 1.82) is 0 Å². The van der Waals surface area contributed by atoms with E-state index >= 15 is 0 Å². The number of piperazine rings is 1. The number of carbonyl (C=O) groups is 2. The number of nitrogens with zero attached hydrogens (tertiary/aromatic N) is 2. The van der Waals surface area contributed by atoms with Crippen LogP contribution in [0.4, 0.5) is 0 Å². The highest BCUT2D eigenvalue weighted by Crippen LogP contribution is 2.39. The molecule has 2 atom stereocenters. The SMILES string of the molecule is CC1C(=O)NC(C2CC2)C(=O)N1C(C)(C)c1nccs1. The van der Waals surface area contributed by atoms with Crippen LogP contribution >= 0.6 is 11.3 Å². The van der Waals surface area contributed by atoms with Crippen molar-refractivity contribution in [2.75, 3.05) is 0 Å². The van der Waals surface area contributed by atoms with Crippen molar-refractivity contribution in [3.05, 3.63) is 16.6 Å². The van der Waals surface area contributed by atoms with Gasteiger partial charge in [0.1, 0.15) is 17.1 Å². The van der Waals surface area contributed by atoms with Crippen molar-refractivity contribution < 1.29 is 9.59 Å². The van der Waals surface area contributed by atoms with Crippen LogP contribution in [0.3, 0.4) is 0 Å². The summed E-state index contributed by atoms with van der Waals surface area (Å²) in [6.07, 6.45) is 3.78. The summed E-state index contributed by atoms with van der Waals surface area (Å²) in [6, 6.07) is -0.811. The Hall–Kier alpha value is -1.43. The lowest BCUT2D eigenvalue weighted by Crippen LogP contribution is -2.67. The molecule has 2 unspecified atom stereocenters. The number of thiazole rings is 1. The molecule has 1 aliphatic carbocycles. The van der Waals surface area contributed by atoms with Crippen LogP contribution < -0.4 is 5.32 Å². The summed E-state index contributed by atoms with van der Waals surface area (Å²) < 4.78 is 0. The lowest BCUT2D eigenvalue weighted by Gasteiger charge is -2.46. The van der Waals surface area contributed by atoms with E-state index in [2.05, 4.69) is 10.3 Å². The molecule has 1 saturated carbocycles. The van der Waals surface area contributed by atoms with Crippen molar-refractivity contribution >= 4 is 23.2 Å². The van der Waals surface area contributed by atoms with Gasteiger partial charge in [-0.3, -0.25) is 9.59 Å². The summed E-state index contributed by atoms with van der Waals surface area (Å²) in [5.41, 5.74) is -0.560. The molecule has 2 fully saturated rings. The van der Waals surface area contributed by atoms with Crippen LogP contribution in [0.2, 0.25) is 0 Å². The first-order valence-corrected chi connectivity index (χ1v) is 7.84. The van der Waals surface area contributed by atoms with Crippen LogP contribution in [0.1, 0.15) is 38.6 Å². The van der Waals surface area contributed by atoms with Gasteiger partial charge in [-0.2, -0.15) is 0 Å². The topological polar surface area (TPSA) is 62.3 Å². The molecule has 0 spiro atoms.